The van der Waals surface area contributed by atoms with Crippen molar-refractivity contribution in [1.29, 1.82) is 0 Å². The maximum Gasteiger partial charge on any atom is 0.227 e. The van der Waals surface area contributed by atoms with Gasteiger partial charge in [0.05, 0.1) is 6.42 Å². The summed E-state index contributed by atoms with van der Waals surface area (Å²) < 4.78 is 0. The van der Waals surface area contributed by atoms with Crippen LogP contribution in [-0.2, 0) is 16.0 Å². The monoisotopic (exact) mass is 413 g/mol. The second kappa shape index (κ2) is 10.9. The molecule has 0 aliphatic carbocycles. The molecule has 0 unspecified atom stereocenters. The third kappa shape index (κ3) is 6.66. The molecule has 1 aromatic carbocycles. The minimum Gasteiger partial charge on any atom is -0.339 e. The highest BCUT2D eigenvalue weighted by Crippen LogP contribution is 2.19. The standard InChI is InChI=1S/C20H28ClN3O2.ClH/c21-18-4-1-17(2-5-18)15-20(26)24-13-11-23(12-14-24)19(25)6-3-16-7-9-22-10-8-16;/h1-2,4-5,16,22H,3,6-15H2;1H. The van der Waals surface area contributed by atoms with E-state index < -0.39 is 0 Å². The maximum absolute atomic E-state index is 12.4. The molecule has 2 aliphatic rings. The van der Waals surface area contributed by atoms with E-state index in [1.54, 1.807) is 0 Å². The molecule has 2 saturated heterocycles. The lowest BCUT2D eigenvalue weighted by Gasteiger charge is -2.35. The van der Waals surface area contributed by atoms with E-state index in [9.17, 15) is 9.59 Å². The Kier molecular flexibility index (Phi) is 8.87. The zero-order valence-corrected chi connectivity index (χ0v) is 17.2. The SMILES string of the molecule is Cl.O=C(CCC1CCNCC1)N1CCN(C(=O)Cc2ccc(Cl)cc2)CC1. The Labute approximate surface area is 172 Å². The van der Waals surface area contributed by atoms with Crippen molar-refractivity contribution >= 4 is 35.8 Å². The summed E-state index contributed by atoms with van der Waals surface area (Å²) in [6.07, 6.45) is 4.39. The Balaban J connectivity index is 0.00000261. The van der Waals surface area contributed by atoms with Crippen molar-refractivity contribution in [3.8, 4) is 0 Å². The average Bonchev–Trinajstić information content (AvgIpc) is 2.69. The number of nitrogens with zero attached hydrogens (tertiary/aromatic N) is 2. The molecule has 2 heterocycles. The van der Waals surface area contributed by atoms with Crippen molar-refractivity contribution in [3.63, 3.8) is 0 Å². The number of rotatable bonds is 5. The molecule has 5 nitrogen and oxygen atoms in total. The van der Waals surface area contributed by atoms with Crippen LogP contribution in [-0.4, -0.2) is 60.9 Å². The number of halogens is 2. The van der Waals surface area contributed by atoms with Crippen molar-refractivity contribution in [2.45, 2.75) is 32.1 Å². The Hall–Kier alpha value is -1.30. The van der Waals surface area contributed by atoms with Crippen molar-refractivity contribution in [2.24, 2.45) is 5.92 Å². The normalized spacial score (nSPS) is 18.1. The Bertz CT molecular complexity index is 610. The molecule has 2 aliphatic heterocycles. The minimum atomic E-state index is 0. The molecule has 2 amide bonds. The van der Waals surface area contributed by atoms with Gasteiger partial charge in [0.15, 0.2) is 0 Å². The molecule has 150 valence electrons. The smallest absolute Gasteiger partial charge is 0.227 e. The second-order valence-corrected chi connectivity index (χ2v) is 7.73. The molecule has 0 spiro atoms. The van der Waals surface area contributed by atoms with Crippen molar-refractivity contribution in [2.75, 3.05) is 39.3 Å². The molecule has 0 aromatic heterocycles. The second-order valence-electron chi connectivity index (χ2n) is 7.30. The highest BCUT2D eigenvalue weighted by Gasteiger charge is 2.24. The van der Waals surface area contributed by atoms with E-state index >= 15 is 0 Å². The molecule has 3 rings (SSSR count). The van der Waals surface area contributed by atoms with Gasteiger partial charge in [0.2, 0.25) is 11.8 Å². The highest BCUT2D eigenvalue weighted by molar-refractivity contribution is 6.30. The lowest BCUT2D eigenvalue weighted by Crippen LogP contribution is -2.51. The first-order valence-electron chi connectivity index (χ1n) is 9.62. The van der Waals surface area contributed by atoms with Gasteiger partial charge in [0.25, 0.3) is 0 Å². The molecule has 7 heteroatoms. The van der Waals surface area contributed by atoms with Gasteiger partial charge in [-0.2, -0.15) is 0 Å². The van der Waals surface area contributed by atoms with E-state index in [0.717, 1.165) is 25.1 Å². The molecule has 1 aromatic rings. The van der Waals surface area contributed by atoms with Crippen molar-refractivity contribution < 1.29 is 9.59 Å². The zero-order chi connectivity index (χ0) is 18.4. The summed E-state index contributed by atoms with van der Waals surface area (Å²) in [6, 6.07) is 7.40. The third-order valence-electron chi connectivity index (χ3n) is 5.48. The van der Waals surface area contributed by atoms with Gasteiger partial charge in [-0.15, -0.1) is 12.4 Å². The van der Waals surface area contributed by atoms with Crippen LogP contribution < -0.4 is 5.32 Å². The van der Waals surface area contributed by atoms with Crippen LogP contribution in [0.5, 0.6) is 0 Å². The summed E-state index contributed by atoms with van der Waals surface area (Å²) in [4.78, 5) is 28.7. The fourth-order valence-electron chi connectivity index (χ4n) is 3.75. The van der Waals surface area contributed by atoms with Crippen LogP contribution in [0.25, 0.3) is 0 Å². The van der Waals surface area contributed by atoms with E-state index in [1.807, 2.05) is 34.1 Å². The summed E-state index contributed by atoms with van der Waals surface area (Å²) in [5.41, 5.74) is 0.972. The first kappa shape index (κ1) is 22.0. The minimum absolute atomic E-state index is 0. The van der Waals surface area contributed by atoms with Gasteiger partial charge in [0.1, 0.15) is 0 Å². The molecule has 0 saturated carbocycles. The van der Waals surface area contributed by atoms with Gasteiger partial charge in [0, 0.05) is 37.6 Å². The highest BCUT2D eigenvalue weighted by atomic mass is 35.5. The number of nitrogens with one attached hydrogen (secondary N) is 1. The Morgan fingerprint density at radius 2 is 1.52 bits per heavy atom. The molecular formula is C20H29Cl2N3O2. The number of carbonyl (C=O) groups excluding carboxylic acids is 2. The topological polar surface area (TPSA) is 52.7 Å². The molecule has 27 heavy (non-hydrogen) atoms. The number of hydrogen-bond acceptors (Lipinski definition) is 3. The van der Waals surface area contributed by atoms with Crippen LogP contribution in [0.4, 0.5) is 0 Å². The quantitative estimate of drug-likeness (QED) is 0.806. The molecule has 2 fully saturated rings. The van der Waals surface area contributed by atoms with Gasteiger partial charge in [-0.05, 0) is 56.0 Å². The number of hydrogen-bond donors (Lipinski definition) is 1. The molecule has 0 bridgehead atoms. The number of benzene rings is 1. The summed E-state index contributed by atoms with van der Waals surface area (Å²) >= 11 is 5.88. The number of piperidine rings is 1. The van der Waals surface area contributed by atoms with E-state index in [2.05, 4.69) is 5.32 Å². The summed E-state index contributed by atoms with van der Waals surface area (Å²) in [7, 11) is 0. The summed E-state index contributed by atoms with van der Waals surface area (Å²) in [6.45, 7) is 4.71. The van der Waals surface area contributed by atoms with Gasteiger partial charge in [-0.3, -0.25) is 9.59 Å². The van der Waals surface area contributed by atoms with Crippen LogP contribution >= 0.6 is 24.0 Å². The van der Waals surface area contributed by atoms with Gasteiger partial charge in [-0.1, -0.05) is 23.7 Å². The molecule has 0 atom stereocenters. The third-order valence-corrected chi connectivity index (χ3v) is 5.73. The van der Waals surface area contributed by atoms with E-state index in [4.69, 9.17) is 11.6 Å². The van der Waals surface area contributed by atoms with Crippen molar-refractivity contribution in [3.05, 3.63) is 34.9 Å². The fraction of sp³-hybridized carbons (Fsp3) is 0.600. The van der Waals surface area contributed by atoms with Crippen LogP contribution in [0.2, 0.25) is 5.02 Å². The molecule has 1 N–H and O–H groups in total. The van der Waals surface area contributed by atoms with E-state index in [0.29, 0.717) is 50.0 Å². The lowest BCUT2D eigenvalue weighted by molar-refractivity contribution is -0.139. The summed E-state index contributed by atoms with van der Waals surface area (Å²) in [5, 5.41) is 4.04. The first-order chi connectivity index (χ1) is 12.6. The zero-order valence-electron chi connectivity index (χ0n) is 15.7. The summed E-state index contributed by atoms with van der Waals surface area (Å²) in [5.74, 6) is 1.05. The van der Waals surface area contributed by atoms with Crippen molar-refractivity contribution in [1.82, 2.24) is 15.1 Å². The lowest BCUT2D eigenvalue weighted by atomic mass is 9.93. The van der Waals surface area contributed by atoms with E-state index in [1.165, 1.54) is 12.8 Å². The fourth-order valence-corrected chi connectivity index (χ4v) is 3.88. The van der Waals surface area contributed by atoms with Crippen LogP contribution in [0, 0.1) is 5.92 Å². The number of carbonyl (C=O) groups is 2. The number of piperazine rings is 1. The van der Waals surface area contributed by atoms with Crippen LogP contribution in [0.15, 0.2) is 24.3 Å². The Morgan fingerprint density at radius 1 is 0.963 bits per heavy atom. The van der Waals surface area contributed by atoms with Gasteiger partial charge < -0.3 is 15.1 Å². The predicted octanol–water partition coefficient (Wildman–Crippen LogP) is 2.75. The van der Waals surface area contributed by atoms with E-state index in [-0.39, 0.29) is 24.2 Å². The average molecular weight is 414 g/mol. The van der Waals surface area contributed by atoms with Crippen LogP contribution in [0.1, 0.15) is 31.2 Å². The predicted molar refractivity (Wildman–Crippen MR) is 110 cm³/mol. The number of amides is 2. The van der Waals surface area contributed by atoms with Gasteiger partial charge >= 0.3 is 0 Å². The van der Waals surface area contributed by atoms with Gasteiger partial charge in [-0.25, -0.2) is 0 Å². The molecule has 0 radical (unpaired) electrons. The molecular weight excluding hydrogens is 385 g/mol. The first-order valence-corrected chi connectivity index (χ1v) is 10.0. The Morgan fingerprint density at radius 3 is 2.11 bits per heavy atom. The maximum atomic E-state index is 12.4. The largest absolute Gasteiger partial charge is 0.339 e. The van der Waals surface area contributed by atoms with Crippen LogP contribution in [0.3, 0.4) is 0 Å².